The second-order valence-corrected chi connectivity index (χ2v) is 2.17. The molecule has 1 aromatic carbocycles. The maximum atomic E-state index is 12.4. The van der Waals surface area contributed by atoms with Gasteiger partial charge in [-0.2, -0.15) is 0 Å². The maximum Gasteiger partial charge on any atom is 0.211 e. The first kappa shape index (κ1) is 8.46. The molecule has 1 N–H and O–H groups in total. The predicted octanol–water partition coefficient (Wildman–Crippen LogP) is 1.54. The molecule has 0 saturated carbocycles. The molecule has 0 aliphatic rings. The predicted molar refractivity (Wildman–Crippen MR) is 44.6 cm³/mol. The molecule has 0 bridgehead atoms. The Balaban J connectivity index is 2.64. The fraction of sp³-hybridized carbons (Fsp3) is 0. The van der Waals surface area contributed by atoms with Crippen molar-refractivity contribution in [3.63, 3.8) is 0 Å². The third kappa shape index (κ3) is 2.54. The minimum Gasteiger partial charge on any atom is -0.335 e. The summed E-state index contributed by atoms with van der Waals surface area (Å²) in [6, 6.07) is 5.97. The van der Waals surface area contributed by atoms with Crippen LogP contribution in [0.25, 0.3) is 6.08 Å². The number of amides is 1. The van der Waals surface area contributed by atoms with Crippen molar-refractivity contribution in [2.45, 2.75) is 0 Å². The SMILES string of the molecule is O=CN/C=C/c1ccc(F)cc1. The number of carbonyl (C=O) groups excluding carboxylic acids is 1. The van der Waals surface area contributed by atoms with Crippen LogP contribution in [0.15, 0.2) is 30.5 Å². The summed E-state index contributed by atoms with van der Waals surface area (Å²) in [5.74, 6) is -0.268. The molecule has 0 aliphatic carbocycles. The number of rotatable bonds is 3. The molecule has 62 valence electrons. The van der Waals surface area contributed by atoms with E-state index in [1.54, 1.807) is 18.2 Å². The third-order valence-electron chi connectivity index (χ3n) is 1.31. The van der Waals surface area contributed by atoms with Crippen LogP contribution in [-0.4, -0.2) is 6.41 Å². The van der Waals surface area contributed by atoms with E-state index in [4.69, 9.17) is 0 Å². The highest BCUT2D eigenvalue weighted by molar-refractivity contribution is 5.54. The third-order valence-corrected chi connectivity index (χ3v) is 1.31. The van der Waals surface area contributed by atoms with Gasteiger partial charge in [-0.3, -0.25) is 4.79 Å². The number of hydrogen-bond donors (Lipinski definition) is 1. The van der Waals surface area contributed by atoms with Crippen LogP contribution < -0.4 is 5.32 Å². The van der Waals surface area contributed by atoms with E-state index >= 15 is 0 Å². The first-order chi connectivity index (χ1) is 5.83. The lowest BCUT2D eigenvalue weighted by atomic mass is 10.2. The first-order valence-corrected chi connectivity index (χ1v) is 3.45. The molecule has 0 saturated heterocycles. The molecule has 0 fully saturated rings. The number of halogens is 1. The van der Waals surface area contributed by atoms with Gasteiger partial charge in [0.15, 0.2) is 0 Å². The van der Waals surface area contributed by atoms with Gasteiger partial charge in [-0.25, -0.2) is 4.39 Å². The summed E-state index contributed by atoms with van der Waals surface area (Å²) in [6.45, 7) is 0. The minimum atomic E-state index is -0.268. The fourth-order valence-electron chi connectivity index (χ4n) is 0.758. The molecule has 0 unspecified atom stereocenters. The van der Waals surface area contributed by atoms with E-state index in [0.29, 0.717) is 6.41 Å². The molecule has 0 atom stereocenters. The Morgan fingerprint density at radius 3 is 2.50 bits per heavy atom. The zero-order valence-electron chi connectivity index (χ0n) is 6.33. The van der Waals surface area contributed by atoms with Crippen molar-refractivity contribution in [1.82, 2.24) is 5.32 Å². The Morgan fingerprint density at radius 2 is 1.92 bits per heavy atom. The number of nitrogens with one attached hydrogen (secondary N) is 1. The lowest BCUT2D eigenvalue weighted by molar-refractivity contribution is -0.108. The molecule has 12 heavy (non-hydrogen) atoms. The summed E-state index contributed by atoms with van der Waals surface area (Å²) < 4.78 is 12.4. The molecule has 0 spiro atoms. The van der Waals surface area contributed by atoms with Gasteiger partial charge < -0.3 is 5.32 Å². The van der Waals surface area contributed by atoms with E-state index in [0.717, 1.165) is 5.56 Å². The lowest BCUT2D eigenvalue weighted by Crippen LogP contribution is -1.97. The van der Waals surface area contributed by atoms with E-state index in [1.807, 2.05) is 0 Å². The van der Waals surface area contributed by atoms with Crippen molar-refractivity contribution in [2.75, 3.05) is 0 Å². The van der Waals surface area contributed by atoms with Crippen molar-refractivity contribution >= 4 is 12.5 Å². The summed E-state index contributed by atoms with van der Waals surface area (Å²) in [7, 11) is 0. The van der Waals surface area contributed by atoms with E-state index in [-0.39, 0.29) is 5.82 Å². The topological polar surface area (TPSA) is 29.1 Å². The molecule has 1 amide bonds. The lowest BCUT2D eigenvalue weighted by Gasteiger charge is -1.91. The molecule has 0 radical (unpaired) electrons. The van der Waals surface area contributed by atoms with Crippen molar-refractivity contribution in [3.05, 3.63) is 41.8 Å². The second kappa shape index (κ2) is 4.28. The molecule has 0 aliphatic heterocycles. The van der Waals surface area contributed by atoms with E-state index in [2.05, 4.69) is 5.32 Å². The Kier molecular flexibility index (Phi) is 3.02. The Morgan fingerprint density at radius 1 is 1.25 bits per heavy atom. The van der Waals surface area contributed by atoms with Crippen molar-refractivity contribution < 1.29 is 9.18 Å². The highest BCUT2D eigenvalue weighted by Crippen LogP contribution is 2.03. The standard InChI is InChI=1S/C9H8FNO/c10-9-3-1-8(2-4-9)5-6-11-7-12/h1-7H,(H,11,12)/b6-5+. The number of benzene rings is 1. The van der Waals surface area contributed by atoms with Gasteiger partial charge in [0, 0.05) is 6.20 Å². The zero-order valence-corrected chi connectivity index (χ0v) is 6.33. The van der Waals surface area contributed by atoms with Gasteiger partial charge in [0.1, 0.15) is 5.82 Å². The van der Waals surface area contributed by atoms with Crippen LogP contribution in [-0.2, 0) is 4.79 Å². The van der Waals surface area contributed by atoms with Crippen LogP contribution in [0, 0.1) is 5.82 Å². The van der Waals surface area contributed by atoms with Crippen LogP contribution >= 0.6 is 0 Å². The van der Waals surface area contributed by atoms with E-state index in [1.165, 1.54) is 18.3 Å². The van der Waals surface area contributed by atoms with Gasteiger partial charge in [-0.15, -0.1) is 0 Å². The highest BCUT2D eigenvalue weighted by Gasteiger charge is 1.87. The average molecular weight is 165 g/mol. The van der Waals surface area contributed by atoms with Crippen LogP contribution in [0.4, 0.5) is 4.39 Å². The minimum absolute atomic E-state index is 0.268. The summed E-state index contributed by atoms with van der Waals surface area (Å²) in [6.07, 6.45) is 3.73. The van der Waals surface area contributed by atoms with Gasteiger partial charge >= 0.3 is 0 Å². The molecule has 0 heterocycles. The molecule has 0 aromatic heterocycles. The molecular formula is C9H8FNO. The molecule has 3 heteroatoms. The zero-order chi connectivity index (χ0) is 8.81. The maximum absolute atomic E-state index is 12.4. The summed E-state index contributed by atoms with van der Waals surface area (Å²) in [4.78, 5) is 9.83. The average Bonchev–Trinajstić information content (AvgIpc) is 2.09. The largest absolute Gasteiger partial charge is 0.335 e. The van der Waals surface area contributed by atoms with Crippen LogP contribution in [0.1, 0.15) is 5.56 Å². The summed E-state index contributed by atoms with van der Waals surface area (Å²) in [5.41, 5.74) is 0.839. The summed E-state index contributed by atoms with van der Waals surface area (Å²) >= 11 is 0. The van der Waals surface area contributed by atoms with Crippen molar-refractivity contribution in [3.8, 4) is 0 Å². The Labute approximate surface area is 69.7 Å². The fourth-order valence-corrected chi connectivity index (χ4v) is 0.758. The molecule has 2 nitrogen and oxygen atoms in total. The number of hydrogen-bond acceptors (Lipinski definition) is 1. The smallest absolute Gasteiger partial charge is 0.211 e. The summed E-state index contributed by atoms with van der Waals surface area (Å²) in [5, 5.41) is 2.36. The van der Waals surface area contributed by atoms with Gasteiger partial charge in [0.05, 0.1) is 0 Å². The normalized spacial score (nSPS) is 10.1. The first-order valence-electron chi connectivity index (χ1n) is 3.45. The van der Waals surface area contributed by atoms with Gasteiger partial charge in [-0.05, 0) is 23.8 Å². The van der Waals surface area contributed by atoms with Crippen molar-refractivity contribution in [1.29, 1.82) is 0 Å². The van der Waals surface area contributed by atoms with Crippen molar-refractivity contribution in [2.24, 2.45) is 0 Å². The second-order valence-electron chi connectivity index (χ2n) is 2.17. The molecule has 1 aromatic rings. The molecule has 1 rings (SSSR count). The Hall–Kier alpha value is -1.64. The van der Waals surface area contributed by atoms with Crippen LogP contribution in [0.5, 0.6) is 0 Å². The highest BCUT2D eigenvalue weighted by atomic mass is 19.1. The van der Waals surface area contributed by atoms with Crippen LogP contribution in [0.3, 0.4) is 0 Å². The van der Waals surface area contributed by atoms with E-state index < -0.39 is 0 Å². The number of carbonyl (C=O) groups is 1. The van der Waals surface area contributed by atoms with E-state index in [9.17, 15) is 9.18 Å². The quantitative estimate of drug-likeness (QED) is 0.676. The van der Waals surface area contributed by atoms with Crippen LogP contribution in [0.2, 0.25) is 0 Å². The monoisotopic (exact) mass is 165 g/mol. The Bertz CT molecular complexity index is 279. The van der Waals surface area contributed by atoms with Gasteiger partial charge in [0.25, 0.3) is 0 Å². The molecular weight excluding hydrogens is 157 g/mol. The van der Waals surface area contributed by atoms with Gasteiger partial charge in [0.2, 0.25) is 6.41 Å². The van der Waals surface area contributed by atoms with Gasteiger partial charge in [-0.1, -0.05) is 12.1 Å².